The average molecular weight is 446 g/mol. The Morgan fingerprint density at radius 2 is 1.71 bits per heavy atom. The third-order valence-electron chi connectivity index (χ3n) is 3.36. The summed E-state index contributed by atoms with van der Waals surface area (Å²) in [4.78, 5) is 12.3. The number of anilines is 1. The number of rotatable bonds is 4. The maximum atomic E-state index is 14.3. The van der Waals surface area contributed by atoms with Gasteiger partial charge >= 0.3 is 6.18 Å². The molecule has 11 heteroatoms. The van der Waals surface area contributed by atoms with Crippen LogP contribution in [0.25, 0.3) is 5.57 Å². The van der Waals surface area contributed by atoms with Crippen LogP contribution in [0.1, 0.15) is 32.3 Å². The van der Waals surface area contributed by atoms with E-state index in [9.17, 15) is 26.7 Å². The van der Waals surface area contributed by atoms with Gasteiger partial charge in [-0.3, -0.25) is 4.79 Å². The van der Waals surface area contributed by atoms with Gasteiger partial charge in [0.15, 0.2) is 0 Å². The summed E-state index contributed by atoms with van der Waals surface area (Å²) in [6.07, 6.45) is -3.05. The molecule has 1 aromatic rings. The fraction of sp³-hybridized carbons (Fsp3) is 0.471. The quantitative estimate of drug-likeness (QED) is 0.346. The second-order valence-electron chi connectivity index (χ2n) is 5.40. The Morgan fingerprint density at radius 1 is 1.11 bits per heavy atom. The fourth-order valence-corrected chi connectivity index (χ4v) is 3.01. The van der Waals surface area contributed by atoms with Crippen LogP contribution in [0.4, 0.5) is 27.6 Å². The second kappa shape index (κ2) is 11.4. The molecule has 0 saturated heterocycles. The molecular weight excluding hydrogens is 425 g/mol. The molecule has 0 atom stereocenters. The monoisotopic (exact) mass is 445 g/mol. The minimum atomic E-state index is -4.45. The van der Waals surface area contributed by atoms with Crippen LogP contribution in [0.2, 0.25) is 0 Å². The molecule has 0 aromatic heterocycles. The van der Waals surface area contributed by atoms with Gasteiger partial charge in [0.25, 0.3) is 5.91 Å². The molecule has 2 rings (SSSR count). The van der Waals surface area contributed by atoms with Crippen molar-refractivity contribution in [3.63, 3.8) is 0 Å². The lowest BCUT2D eigenvalue weighted by atomic mass is 10.0. The molecule has 0 bridgehead atoms. The van der Waals surface area contributed by atoms with Crippen molar-refractivity contribution in [2.45, 2.75) is 32.9 Å². The molecule has 1 amide bonds. The molecular formula is C17H21ClF5N3OS. The van der Waals surface area contributed by atoms with E-state index in [2.05, 4.69) is 15.4 Å². The summed E-state index contributed by atoms with van der Waals surface area (Å²) in [6.45, 7) is 4.80. The number of amides is 1. The van der Waals surface area contributed by atoms with Gasteiger partial charge in [-0.2, -0.15) is 13.2 Å². The molecule has 1 aliphatic rings. The highest BCUT2D eigenvalue weighted by Gasteiger charge is 2.28. The highest BCUT2D eigenvalue weighted by atomic mass is 35.5. The number of alkyl halides is 3. The summed E-state index contributed by atoms with van der Waals surface area (Å²) in [5.41, 5.74) is -0.950. The van der Waals surface area contributed by atoms with E-state index in [1.807, 2.05) is 13.8 Å². The van der Waals surface area contributed by atoms with Gasteiger partial charge in [0.2, 0.25) is 0 Å². The summed E-state index contributed by atoms with van der Waals surface area (Å²) in [7, 11) is 0. The predicted molar refractivity (Wildman–Crippen MR) is 103 cm³/mol. The highest BCUT2D eigenvalue weighted by Crippen LogP contribution is 2.30. The predicted octanol–water partition coefficient (Wildman–Crippen LogP) is 5.02. The van der Waals surface area contributed by atoms with E-state index in [0.717, 1.165) is 12.5 Å². The average Bonchev–Trinajstić information content (AvgIpc) is 2.69. The van der Waals surface area contributed by atoms with Crippen LogP contribution < -0.4 is 15.4 Å². The third kappa shape index (κ3) is 7.38. The lowest BCUT2D eigenvalue weighted by molar-refractivity contribution is -0.115. The molecule has 0 radical (unpaired) electrons. The van der Waals surface area contributed by atoms with Crippen molar-refractivity contribution in [2.75, 3.05) is 23.6 Å². The van der Waals surface area contributed by atoms with Crippen LogP contribution >= 0.6 is 23.5 Å². The molecule has 0 unspecified atom stereocenters. The van der Waals surface area contributed by atoms with Crippen LogP contribution in [0, 0.1) is 11.6 Å². The zero-order valence-corrected chi connectivity index (χ0v) is 16.8. The molecule has 158 valence electrons. The smallest absolute Gasteiger partial charge is 0.375 e. The fourth-order valence-electron chi connectivity index (χ4n) is 2.18. The molecule has 0 saturated carbocycles. The first-order valence-corrected chi connectivity index (χ1v) is 9.91. The van der Waals surface area contributed by atoms with Crippen LogP contribution in [0.15, 0.2) is 17.3 Å². The minimum absolute atomic E-state index is 0.121. The number of hydrogen-bond acceptors (Lipinski definition) is 4. The van der Waals surface area contributed by atoms with Crippen molar-refractivity contribution in [3.05, 3.63) is 34.5 Å². The van der Waals surface area contributed by atoms with Crippen molar-refractivity contribution in [2.24, 2.45) is 0 Å². The molecule has 1 aliphatic heterocycles. The Morgan fingerprint density at radius 3 is 2.32 bits per heavy atom. The zero-order chi connectivity index (χ0) is 21.3. The highest BCUT2D eigenvalue weighted by molar-refractivity contribution is 8.00. The Kier molecular flexibility index (Phi) is 9.88. The summed E-state index contributed by atoms with van der Waals surface area (Å²) < 4.78 is 66.9. The van der Waals surface area contributed by atoms with Crippen LogP contribution in [-0.2, 0) is 4.79 Å². The third-order valence-corrected chi connectivity index (χ3v) is 4.52. The van der Waals surface area contributed by atoms with Gasteiger partial charge < -0.3 is 15.4 Å². The molecule has 1 aromatic carbocycles. The van der Waals surface area contributed by atoms with E-state index in [4.69, 9.17) is 11.6 Å². The second-order valence-corrected chi connectivity index (χ2v) is 6.56. The van der Waals surface area contributed by atoms with E-state index < -0.39 is 29.5 Å². The van der Waals surface area contributed by atoms with E-state index >= 15 is 0 Å². The van der Waals surface area contributed by atoms with E-state index in [1.54, 1.807) is 0 Å². The lowest BCUT2D eigenvalue weighted by Crippen LogP contribution is -2.26. The maximum Gasteiger partial charge on any atom is 0.399 e. The molecule has 0 spiro atoms. The van der Waals surface area contributed by atoms with Crippen molar-refractivity contribution in [1.29, 1.82) is 0 Å². The normalized spacial score (nSPS) is 17.9. The van der Waals surface area contributed by atoms with Gasteiger partial charge in [-0.25, -0.2) is 8.78 Å². The summed E-state index contributed by atoms with van der Waals surface area (Å²) in [6, 6.07) is 1.41. The first-order valence-electron chi connectivity index (χ1n) is 8.55. The van der Waals surface area contributed by atoms with Crippen LogP contribution in [-0.4, -0.2) is 30.9 Å². The molecule has 0 aliphatic carbocycles. The summed E-state index contributed by atoms with van der Waals surface area (Å²) in [5.74, 6) is -4.08. The summed E-state index contributed by atoms with van der Waals surface area (Å²) >= 11 is 6.26. The standard InChI is InChI=1S/C15H15ClF5N3OS.C2H6/c16-13-12(14(25)23-4-2-1-3-22-13)8-5-11(10(18)6-9(8)17)24-26-7-15(19,20)21;1-2/h5-6,22,24H,1-4,7H2,(H,23,25);1-2H3/b13-12-;. The first kappa shape index (κ1) is 24.4. The van der Waals surface area contributed by atoms with Gasteiger partial charge in [0.05, 0.1) is 11.3 Å². The Hall–Kier alpha value is -1.68. The molecule has 3 N–H and O–H groups in total. The number of benzene rings is 1. The molecule has 1 heterocycles. The number of halogens is 6. The Bertz CT molecular complexity index is 713. The zero-order valence-electron chi connectivity index (χ0n) is 15.3. The Labute approximate surface area is 169 Å². The first-order chi connectivity index (χ1) is 13.2. The number of carbonyl (C=O) groups excluding carboxylic acids is 1. The van der Waals surface area contributed by atoms with E-state index in [1.165, 1.54) is 0 Å². The maximum absolute atomic E-state index is 14.3. The van der Waals surface area contributed by atoms with Gasteiger partial charge in [-0.1, -0.05) is 25.4 Å². The number of nitrogens with one attached hydrogen (secondary N) is 3. The van der Waals surface area contributed by atoms with Crippen molar-refractivity contribution in [3.8, 4) is 0 Å². The van der Waals surface area contributed by atoms with Crippen molar-refractivity contribution in [1.82, 2.24) is 10.6 Å². The Balaban J connectivity index is 0.00000190. The lowest BCUT2D eigenvalue weighted by Gasteiger charge is -2.14. The molecule has 0 fully saturated rings. The van der Waals surface area contributed by atoms with Crippen LogP contribution in [0.3, 0.4) is 0 Å². The summed E-state index contributed by atoms with van der Waals surface area (Å²) in [5, 5.41) is 5.23. The minimum Gasteiger partial charge on any atom is -0.375 e. The van der Waals surface area contributed by atoms with Crippen molar-refractivity contribution >= 4 is 40.7 Å². The van der Waals surface area contributed by atoms with Gasteiger partial charge in [0, 0.05) is 24.7 Å². The van der Waals surface area contributed by atoms with E-state index in [-0.39, 0.29) is 33.9 Å². The van der Waals surface area contributed by atoms with Crippen LogP contribution in [0.5, 0.6) is 0 Å². The van der Waals surface area contributed by atoms with Gasteiger partial charge in [0.1, 0.15) is 22.5 Å². The molecule has 28 heavy (non-hydrogen) atoms. The largest absolute Gasteiger partial charge is 0.399 e. The molecule has 4 nitrogen and oxygen atoms in total. The van der Waals surface area contributed by atoms with Gasteiger partial charge in [-0.05, 0) is 30.9 Å². The van der Waals surface area contributed by atoms with E-state index in [0.29, 0.717) is 25.6 Å². The van der Waals surface area contributed by atoms with Gasteiger partial charge in [-0.15, -0.1) is 0 Å². The number of hydrogen-bond donors (Lipinski definition) is 3. The number of carbonyl (C=O) groups is 1. The SMILES string of the molecule is CC.O=C1NCCCCN/C(Cl)=C\1c1cc(NSCC(F)(F)F)c(F)cc1F. The van der Waals surface area contributed by atoms with Crippen molar-refractivity contribution < 1.29 is 26.7 Å². The topological polar surface area (TPSA) is 53.2 Å².